The van der Waals surface area contributed by atoms with Crippen LogP contribution in [0.15, 0.2) is 18.2 Å². The molecule has 1 aromatic rings. The molecule has 1 unspecified atom stereocenters. The van der Waals surface area contributed by atoms with Gasteiger partial charge in [-0.25, -0.2) is 0 Å². The van der Waals surface area contributed by atoms with Gasteiger partial charge in [0.1, 0.15) is 6.54 Å². The predicted octanol–water partition coefficient (Wildman–Crippen LogP) is 2.64. The van der Waals surface area contributed by atoms with Gasteiger partial charge in [-0.1, -0.05) is 23.2 Å². The molecule has 22 heavy (non-hydrogen) atoms. The van der Waals surface area contributed by atoms with Crippen molar-refractivity contribution < 1.29 is 14.3 Å². The predicted molar refractivity (Wildman–Crippen MR) is 86.5 cm³/mol. The van der Waals surface area contributed by atoms with E-state index in [4.69, 9.17) is 27.9 Å². The molecule has 2 amide bonds. The molecule has 5 nitrogen and oxygen atoms in total. The topological polar surface area (TPSA) is 58.6 Å². The van der Waals surface area contributed by atoms with Crippen molar-refractivity contribution in [2.75, 3.05) is 24.6 Å². The van der Waals surface area contributed by atoms with Gasteiger partial charge < -0.3 is 15.0 Å². The average Bonchev–Trinajstić information content (AvgIpc) is 2.96. The van der Waals surface area contributed by atoms with Crippen LogP contribution in [-0.4, -0.2) is 37.6 Å². The monoisotopic (exact) mass is 344 g/mol. The zero-order valence-corrected chi connectivity index (χ0v) is 13.8. The van der Waals surface area contributed by atoms with E-state index in [1.165, 1.54) is 11.8 Å². The van der Waals surface area contributed by atoms with E-state index in [1.54, 1.807) is 18.2 Å². The second kappa shape index (κ2) is 7.81. The van der Waals surface area contributed by atoms with Crippen LogP contribution in [0, 0.1) is 0 Å². The Hall–Kier alpha value is -1.30. The minimum Gasteiger partial charge on any atom is -0.376 e. The Bertz CT molecular complexity index is 560. The van der Waals surface area contributed by atoms with Crippen LogP contribution in [0.4, 0.5) is 5.69 Å². The summed E-state index contributed by atoms with van der Waals surface area (Å²) in [6, 6.07) is 4.79. The fourth-order valence-electron chi connectivity index (χ4n) is 2.30. The van der Waals surface area contributed by atoms with Gasteiger partial charge in [0.2, 0.25) is 11.8 Å². The van der Waals surface area contributed by atoms with Crippen LogP contribution >= 0.6 is 23.2 Å². The van der Waals surface area contributed by atoms with E-state index in [9.17, 15) is 9.59 Å². The van der Waals surface area contributed by atoms with Crippen molar-refractivity contribution in [2.45, 2.75) is 25.9 Å². The van der Waals surface area contributed by atoms with Crippen LogP contribution in [0.3, 0.4) is 0 Å². The van der Waals surface area contributed by atoms with Gasteiger partial charge in [0.15, 0.2) is 0 Å². The van der Waals surface area contributed by atoms with Crippen molar-refractivity contribution in [3.8, 4) is 0 Å². The molecule has 1 saturated heterocycles. The molecule has 120 valence electrons. The van der Waals surface area contributed by atoms with Crippen molar-refractivity contribution in [3.05, 3.63) is 28.2 Å². The lowest BCUT2D eigenvalue weighted by Crippen LogP contribution is -2.42. The highest BCUT2D eigenvalue weighted by molar-refractivity contribution is 6.36. The summed E-state index contributed by atoms with van der Waals surface area (Å²) in [5.74, 6) is -0.520. The molecule has 2 rings (SSSR count). The van der Waals surface area contributed by atoms with Crippen LogP contribution in [0.2, 0.25) is 10.0 Å². The summed E-state index contributed by atoms with van der Waals surface area (Å²) in [4.78, 5) is 25.2. The highest BCUT2D eigenvalue weighted by Crippen LogP contribution is 2.28. The zero-order chi connectivity index (χ0) is 16.1. The molecule has 7 heteroatoms. The number of hydrogen-bond donors (Lipinski definition) is 1. The largest absolute Gasteiger partial charge is 0.376 e. The maximum atomic E-state index is 12.0. The van der Waals surface area contributed by atoms with Crippen LogP contribution in [0.25, 0.3) is 0 Å². The minimum absolute atomic E-state index is 0.0637. The number of rotatable bonds is 5. The van der Waals surface area contributed by atoms with E-state index in [0.717, 1.165) is 19.4 Å². The van der Waals surface area contributed by atoms with E-state index in [-0.39, 0.29) is 24.5 Å². The molecule has 0 aliphatic carbocycles. The summed E-state index contributed by atoms with van der Waals surface area (Å²) in [6.45, 7) is 2.49. The fourth-order valence-corrected chi connectivity index (χ4v) is 2.81. The van der Waals surface area contributed by atoms with Gasteiger partial charge in [0, 0.05) is 25.1 Å². The number of benzene rings is 1. The molecule has 1 aliphatic rings. The standard InChI is InChI=1S/C15H18Cl2N2O3/c1-10(20)19(14-5-4-11(16)7-13(14)17)9-15(21)18-8-12-3-2-6-22-12/h4-5,7,12H,2-3,6,8-9H2,1H3,(H,18,21). The summed E-state index contributed by atoms with van der Waals surface area (Å²) in [7, 11) is 0. The molecule has 0 aromatic heterocycles. The third-order valence-corrected chi connectivity index (χ3v) is 3.97. The average molecular weight is 345 g/mol. The first-order valence-corrected chi connectivity index (χ1v) is 7.84. The Kier molecular flexibility index (Phi) is 6.06. The van der Waals surface area contributed by atoms with Gasteiger partial charge in [-0.05, 0) is 31.0 Å². The van der Waals surface area contributed by atoms with Crippen LogP contribution in [0.1, 0.15) is 19.8 Å². The number of carbonyl (C=O) groups is 2. The molecule has 0 spiro atoms. The number of halogens is 2. The molecule has 1 atom stereocenters. The fraction of sp³-hybridized carbons (Fsp3) is 0.467. The van der Waals surface area contributed by atoms with Gasteiger partial charge >= 0.3 is 0 Å². The Morgan fingerprint density at radius 3 is 2.77 bits per heavy atom. The van der Waals surface area contributed by atoms with Crippen LogP contribution in [-0.2, 0) is 14.3 Å². The first kappa shape index (κ1) is 17.1. The van der Waals surface area contributed by atoms with Crippen molar-refractivity contribution >= 4 is 40.7 Å². The summed E-state index contributed by atoms with van der Waals surface area (Å²) < 4.78 is 5.44. The Morgan fingerprint density at radius 2 is 2.18 bits per heavy atom. The Labute approximate surface area is 139 Å². The van der Waals surface area contributed by atoms with E-state index >= 15 is 0 Å². The van der Waals surface area contributed by atoms with Crippen LogP contribution < -0.4 is 10.2 Å². The quantitative estimate of drug-likeness (QED) is 0.893. The molecule has 1 heterocycles. The Morgan fingerprint density at radius 1 is 1.41 bits per heavy atom. The number of carbonyl (C=O) groups excluding carboxylic acids is 2. The van der Waals surface area contributed by atoms with Crippen molar-refractivity contribution in [2.24, 2.45) is 0 Å². The molecule has 0 bridgehead atoms. The summed E-state index contributed by atoms with van der Waals surface area (Å²) in [5.41, 5.74) is 0.464. The Balaban J connectivity index is 1.98. The number of nitrogens with one attached hydrogen (secondary N) is 1. The maximum Gasteiger partial charge on any atom is 0.240 e. The molecule has 1 fully saturated rings. The number of amides is 2. The lowest BCUT2D eigenvalue weighted by Gasteiger charge is -2.22. The summed E-state index contributed by atoms with van der Waals surface area (Å²) >= 11 is 12.0. The lowest BCUT2D eigenvalue weighted by atomic mass is 10.2. The normalized spacial score (nSPS) is 17.3. The van der Waals surface area contributed by atoms with Crippen molar-refractivity contribution in [1.82, 2.24) is 5.32 Å². The maximum absolute atomic E-state index is 12.0. The van der Waals surface area contributed by atoms with Gasteiger partial charge in [-0.2, -0.15) is 0 Å². The highest BCUT2D eigenvalue weighted by atomic mass is 35.5. The molecule has 1 N–H and O–H groups in total. The van der Waals surface area contributed by atoms with Gasteiger partial charge in [-0.15, -0.1) is 0 Å². The second-order valence-corrected chi connectivity index (χ2v) is 5.98. The lowest BCUT2D eigenvalue weighted by molar-refractivity contribution is -0.123. The SMILES string of the molecule is CC(=O)N(CC(=O)NCC1CCCO1)c1ccc(Cl)cc1Cl. The van der Waals surface area contributed by atoms with Gasteiger partial charge in [0.25, 0.3) is 0 Å². The van der Waals surface area contributed by atoms with E-state index in [2.05, 4.69) is 5.32 Å². The zero-order valence-electron chi connectivity index (χ0n) is 12.3. The molecule has 0 saturated carbocycles. The third kappa shape index (κ3) is 4.60. The second-order valence-electron chi connectivity index (χ2n) is 5.14. The van der Waals surface area contributed by atoms with Crippen molar-refractivity contribution in [1.29, 1.82) is 0 Å². The first-order valence-electron chi connectivity index (χ1n) is 7.09. The molecular weight excluding hydrogens is 327 g/mol. The molecule has 0 radical (unpaired) electrons. The first-order chi connectivity index (χ1) is 10.5. The number of nitrogens with zero attached hydrogens (tertiary/aromatic N) is 1. The van der Waals surface area contributed by atoms with E-state index in [0.29, 0.717) is 22.3 Å². The number of ether oxygens (including phenoxy) is 1. The van der Waals surface area contributed by atoms with Gasteiger partial charge in [0.05, 0.1) is 16.8 Å². The molecule has 1 aromatic carbocycles. The van der Waals surface area contributed by atoms with Gasteiger partial charge in [-0.3, -0.25) is 9.59 Å². The molecule has 1 aliphatic heterocycles. The number of hydrogen-bond acceptors (Lipinski definition) is 3. The minimum atomic E-state index is -0.267. The highest BCUT2D eigenvalue weighted by Gasteiger charge is 2.20. The third-order valence-electron chi connectivity index (χ3n) is 3.43. The summed E-state index contributed by atoms with van der Waals surface area (Å²) in [5, 5.41) is 3.58. The van der Waals surface area contributed by atoms with Crippen molar-refractivity contribution in [3.63, 3.8) is 0 Å². The van der Waals surface area contributed by atoms with E-state index < -0.39 is 0 Å². The van der Waals surface area contributed by atoms with Crippen LogP contribution in [0.5, 0.6) is 0 Å². The summed E-state index contributed by atoms with van der Waals surface area (Å²) in [6.07, 6.45) is 2.02. The molecular formula is C15H18Cl2N2O3. The smallest absolute Gasteiger partial charge is 0.240 e. The number of anilines is 1. The van der Waals surface area contributed by atoms with E-state index in [1.807, 2.05) is 0 Å².